The zero-order valence-corrected chi connectivity index (χ0v) is 10.6. The zero-order chi connectivity index (χ0) is 13.4. The van der Waals surface area contributed by atoms with Crippen LogP contribution in [0.3, 0.4) is 0 Å². The highest BCUT2D eigenvalue weighted by Crippen LogP contribution is 2.16. The van der Waals surface area contributed by atoms with Gasteiger partial charge in [0.1, 0.15) is 0 Å². The van der Waals surface area contributed by atoms with Gasteiger partial charge in [-0.2, -0.15) is 0 Å². The van der Waals surface area contributed by atoms with Crippen LogP contribution >= 0.6 is 0 Å². The Morgan fingerprint density at radius 1 is 1.39 bits per heavy atom. The molecule has 0 aliphatic rings. The van der Waals surface area contributed by atoms with Crippen molar-refractivity contribution in [1.29, 1.82) is 0 Å². The number of carboxylic acids is 1. The third-order valence-electron chi connectivity index (χ3n) is 3.09. The van der Waals surface area contributed by atoms with E-state index in [0.29, 0.717) is 25.8 Å². The zero-order valence-electron chi connectivity index (χ0n) is 10.6. The standard InChI is InChI=1S/C14H19NO3/c1-11-4-2-3-5-12(11)6-7-13(14(17)18)8-9-15-10-16/h2-5,10,13H,6-9H2,1H3,(H,15,16)(H,17,18). The molecule has 98 valence electrons. The molecule has 0 bridgehead atoms. The summed E-state index contributed by atoms with van der Waals surface area (Å²) in [6, 6.07) is 7.99. The molecule has 2 N–H and O–H groups in total. The maximum Gasteiger partial charge on any atom is 0.306 e. The van der Waals surface area contributed by atoms with E-state index in [4.69, 9.17) is 5.11 Å². The molecule has 1 amide bonds. The van der Waals surface area contributed by atoms with E-state index in [9.17, 15) is 9.59 Å². The van der Waals surface area contributed by atoms with Crippen LogP contribution in [0.5, 0.6) is 0 Å². The second-order valence-corrected chi connectivity index (χ2v) is 4.36. The molecule has 0 spiro atoms. The fourth-order valence-electron chi connectivity index (χ4n) is 1.93. The Morgan fingerprint density at radius 2 is 2.11 bits per heavy atom. The SMILES string of the molecule is Cc1ccccc1CCC(CCNC=O)C(=O)O. The van der Waals surface area contributed by atoms with E-state index in [1.165, 1.54) is 11.1 Å². The lowest BCUT2D eigenvalue weighted by molar-refractivity contribution is -0.142. The van der Waals surface area contributed by atoms with Crippen molar-refractivity contribution in [3.8, 4) is 0 Å². The number of nitrogens with one attached hydrogen (secondary N) is 1. The molecule has 0 fully saturated rings. The average Bonchev–Trinajstić information content (AvgIpc) is 2.35. The van der Waals surface area contributed by atoms with Gasteiger partial charge in [0.15, 0.2) is 0 Å². The fraction of sp³-hybridized carbons (Fsp3) is 0.429. The van der Waals surface area contributed by atoms with Crippen molar-refractivity contribution >= 4 is 12.4 Å². The molecule has 4 heteroatoms. The average molecular weight is 249 g/mol. The van der Waals surface area contributed by atoms with E-state index < -0.39 is 11.9 Å². The minimum absolute atomic E-state index is 0.406. The molecule has 0 saturated heterocycles. The monoisotopic (exact) mass is 249 g/mol. The van der Waals surface area contributed by atoms with Gasteiger partial charge in [-0.05, 0) is 37.3 Å². The molecule has 18 heavy (non-hydrogen) atoms. The molecule has 1 atom stereocenters. The Kier molecular flexibility index (Phi) is 5.91. The molecule has 1 rings (SSSR count). The first-order valence-corrected chi connectivity index (χ1v) is 6.09. The largest absolute Gasteiger partial charge is 0.481 e. The van der Waals surface area contributed by atoms with Crippen LogP contribution in [0.1, 0.15) is 24.0 Å². The third-order valence-corrected chi connectivity index (χ3v) is 3.09. The molecular formula is C14H19NO3. The second-order valence-electron chi connectivity index (χ2n) is 4.36. The van der Waals surface area contributed by atoms with Gasteiger partial charge in [-0.1, -0.05) is 24.3 Å². The maximum atomic E-state index is 11.1. The summed E-state index contributed by atoms with van der Waals surface area (Å²) in [5, 5.41) is 11.6. The molecule has 1 aromatic rings. The van der Waals surface area contributed by atoms with Crippen molar-refractivity contribution in [1.82, 2.24) is 5.32 Å². The quantitative estimate of drug-likeness (QED) is 0.545. The minimum Gasteiger partial charge on any atom is -0.481 e. The van der Waals surface area contributed by atoms with Gasteiger partial charge >= 0.3 is 5.97 Å². The number of benzene rings is 1. The van der Waals surface area contributed by atoms with Gasteiger partial charge in [0.05, 0.1) is 5.92 Å². The molecule has 0 aromatic heterocycles. The van der Waals surface area contributed by atoms with E-state index in [0.717, 1.165) is 6.42 Å². The number of amides is 1. The van der Waals surface area contributed by atoms with Crippen LogP contribution in [0.4, 0.5) is 0 Å². The van der Waals surface area contributed by atoms with Crippen molar-refractivity contribution in [2.75, 3.05) is 6.54 Å². The normalized spacial score (nSPS) is 11.8. The van der Waals surface area contributed by atoms with E-state index in [2.05, 4.69) is 5.32 Å². The van der Waals surface area contributed by atoms with Crippen molar-refractivity contribution in [2.24, 2.45) is 5.92 Å². The Balaban J connectivity index is 2.49. The molecule has 1 unspecified atom stereocenters. The molecule has 1 aromatic carbocycles. The summed E-state index contributed by atoms with van der Waals surface area (Å²) in [5.41, 5.74) is 2.37. The predicted octanol–water partition coefficient (Wildman–Crippen LogP) is 1.76. The van der Waals surface area contributed by atoms with E-state index >= 15 is 0 Å². The summed E-state index contributed by atoms with van der Waals surface area (Å²) < 4.78 is 0. The molecular weight excluding hydrogens is 230 g/mol. The number of hydrogen-bond donors (Lipinski definition) is 2. The number of carbonyl (C=O) groups excluding carboxylic acids is 1. The van der Waals surface area contributed by atoms with Crippen molar-refractivity contribution in [3.63, 3.8) is 0 Å². The molecule has 0 heterocycles. The van der Waals surface area contributed by atoms with Crippen molar-refractivity contribution < 1.29 is 14.7 Å². The lowest BCUT2D eigenvalue weighted by Crippen LogP contribution is -2.22. The summed E-state index contributed by atoms with van der Waals surface area (Å²) >= 11 is 0. The summed E-state index contributed by atoms with van der Waals surface area (Å²) in [6.45, 7) is 2.44. The second kappa shape index (κ2) is 7.48. The van der Waals surface area contributed by atoms with Gasteiger partial charge in [0.25, 0.3) is 0 Å². The highest BCUT2D eigenvalue weighted by Gasteiger charge is 2.16. The maximum absolute atomic E-state index is 11.1. The number of rotatable bonds is 8. The lowest BCUT2D eigenvalue weighted by atomic mass is 9.95. The van der Waals surface area contributed by atoms with Gasteiger partial charge in [0.2, 0.25) is 6.41 Å². The molecule has 0 aliphatic carbocycles. The van der Waals surface area contributed by atoms with Gasteiger partial charge in [-0.15, -0.1) is 0 Å². The molecule has 4 nitrogen and oxygen atoms in total. The van der Waals surface area contributed by atoms with Gasteiger partial charge < -0.3 is 10.4 Å². The van der Waals surface area contributed by atoms with Gasteiger partial charge in [-0.3, -0.25) is 9.59 Å². The van der Waals surface area contributed by atoms with Gasteiger partial charge in [-0.25, -0.2) is 0 Å². The first kappa shape index (κ1) is 14.2. The Morgan fingerprint density at radius 3 is 2.72 bits per heavy atom. The highest BCUT2D eigenvalue weighted by molar-refractivity contribution is 5.70. The Bertz CT molecular complexity index is 404. The van der Waals surface area contributed by atoms with Crippen LogP contribution in [-0.4, -0.2) is 24.0 Å². The summed E-state index contributed by atoms with van der Waals surface area (Å²) in [5.74, 6) is -1.20. The summed E-state index contributed by atoms with van der Waals surface area (Å²) in [4.78, 5) is 21.2. The van der Waals surface area contributed by atoms with Crippen molar-refractivity contribution in [2.45, 2.75) is 26.2 Å². The number of hydrogen-bond acceptors (Lipinski definition) is 2. The number of carboxylic acid groups (broad SMARTS) is 1. The smallest absolute Gasteiger partial charge is 0.306 e. The highest BCUT2D eigenvalue weighted by atomic mass is 16.4. The van der Waals surface area contributed by atoms with Crippen molar-refractivity contribution in [3.05, 3.63) is 35.4 Å². The predicted molar refractivity (Wildman–Crippen MR) is 69.3 cm³/mol. The van der Waals surface area contributed by atoms with Crippen LogP contribution in [0, 0.1) is 12.8 Å². The topological polar surface area (TPSA) is 66.4 Å². The first-order valence-electron chi connectivity index (χ1n) is 6.09. The Labute approximate surface area is 107 Å². The van der Waals surface area contributed by atoms with Crippen LogP contribution < -0.4 is 5.32 Å². The fourth-order valence-corrected chi connectivity index (χ4v) is 1.93. The number of carbonyl (C=O) groups is 2. The van der Waals surface area contributed by atoms with Crippen LogP contribution in [-0.2, 0) is 16.0 Å². The summed E-state index contributed by atoms with van der Waals surface area (Å²) in [6.07, 6.45) is 2.42. The van der Waals surface area contributed by atoms with Crippen LogP contribution in [0.15, 0.2) is 24.3 Å². The molecule has 0 radical (unpaired) electrons. The third kappa shape index (κ3) is 4.57. The van der Waals surface area contributed by atoms with Crippen LogP contribution in [0.25, 0.3) is 0 Å². The van der Waals surface area contributed by atoms with E-state index in [1.54, 1.807) is 0 Å². The number of aliphatic carboxylic acids is 1. The lowest BCUT2D eigenvalue weighted by Gasteiger charge is -2.12. The number of aryl methyl sites for hydroxylation is 2. The molecule has 0 aliphatic heterocycles. The first-order chi connectivity index (χ1) is 8.65. The minimum atomic E-state index is -0.795. The molecule has 0 saturated carbocycles. The van der Waals surface area contributed by atoms with Gasteiger partial charge in [0, 0.05) is 6.54 Å². The van der Waals surface area contributed by atoms with E-state index in [1.807, 2.05) is 31.2 Å². The summed E-state index contributed by atoms with van der Waals surface area (Å²) in [7, 11) is 0. The van der Waals surface area contributed by atoms with E-state index in [-0.39, 0.29) is 0 Å². The van der Waals surface area contributed by atoms with Crippen LogP contribution in [0.2, 0.25) is 0 Å². The Hall–Kier alpha value is -1.84.